The normalized spacial score (nSPS) is 15.1. The lowest BCUT2D eigenvalue weighted by molar-refractivity contribution is -0.0163. The number of hydrogen-bond acceptors (Lipinski definition) is 3. The molecule has 0 amide bonds. The summed E-state index contributed by atoms with van der Waals surface area (Å²) >= 11 is 3.51. The van der Waals surface area contributed by atoms with Crippen molar-refractivity contribution in [3.05, 3.63) is 27.7 Å². The van der Waals surface area contributed by atoms with Crippen LogP contribution in [0.3, 0.4) is 0 Å². The van der Waals surface area contributed by atoms with Crippen LogP contribution in [0.1, 0.15) is 49.5 Å². The predicted molar refractivity (Wildman–Crippen MR) is 82.6 cm³/mol. The van der Waals surface area contributed by atoms with Crippen LogP contribution in [0, 0.1) is 0 Å². The predicted octanol–water partition coefficient (Wildman–Crippen LogP) is 4.16. The van der Waals surface area contributed by atoms with Crippen molar-refractivity contribution in [1.82, 2.24) is 0 Å². The average Bonchev–Trinajstić information content (AvgIpc) is 2.35. The van der Waals surface area contributed by atoms with Crippen LogP contribution < -0.4 is 4.74 Å². The van der Waals surface area contributed by atoms with Crippen LogP contribution >= 0.6 is 15.9 Å². The first-order chi connectivity index (χ1) is 9.38. The molecule has 3 nitrogen and oxygen atoms in total. The number of ketones is 1. The van der Waals surface area contributed by atoms with Crippen molar-refractivity contribution >= 4 is 21.7 Å². The van der Waals surface area contributed by atoms with E-state index >= 15 is 0 Å². The number of benzene rings is 1. The monoisotopic (exact) mass is 340 g/mol. The van der Waals surface area contributed by atoms with Gasteiger partial charge in [-0.05, 0) is 61.2 Å². The van der Waals surface area contributed by atoms with Gasteiger partial charge in [0, 0.05) is 12.0 Å². The van der Waals surface area contributed by atoms with E-state index in [1.165, 1.54) is 0 Å². The highest BCUT2D eigenvalue weighted by Crippen LogP contribution is 2.35. The Labute approximate surface area is 128 Å². The number of halogens is 1. The van der Waals surface area contributed by atoms with E-state index in [4.69, 9.17) is 9.47 Å². The number of aryl methyl sites for hydroxylation is 1. The minimum absolute atomic E-state index is 0.160. The number of rotatable bonds is 4. The molecule has 0 bridgehead atoms. The van der Waals surface area contributed by atoms with Gasteiger partial charge in [-0.15, -0.1) is 0 Å². The third-order valence-corrected chi connectivity index (χ3v) is 3.98. The summed E-state index contributed by atoms with van der Waals surface area (Å²) in [6.45, 7) is 7.05. The van der Waals surface area contributed by atoms with E-state index in [9.17, 15) is 4.79 Å². The maximum absolute atomic E-state index is 12.0. The van der Waals surface area contributed by atoms with Gasteiger partial charge in [0.25, 0.3) is 0 Å². The molecule has 0 heterocycles. The zero-order valence-electron chi connectivity index (χ0n) is 12.3. The molecule has 0 saturated carbocycles. The van der Waals surface area contributed by atoms with Crippen LogP contribution in [-0.4, -0.2) is 24.6 Å². The van der Waals surface area contributed by atoms with Crippen LogP contribution in [0.2, 0.25) is 0 Å². The SMILES string of the molecule is CC(C)(C)OCCOc1ccc2c(c1Br)C(=O)CCC2. The summed E-state index contributed by atoms with van der Waals surface area (Å²) in [7, 11) is 0. The summed E-state index contributed by atoms with van der Waals surface area (Å²) in [6, 6.07) is 3.93. The van der Waals surface area contributed by atoms with Gasteiger partial charge in [-0.25, -0.2) is 0 Å². The van der Waals surface area contributed by atoms with Gasteiger partial charge >= 0.3 is 0 Å². The fourth-order valence-electron chi connectivity index (χ4n) is 2.28. The fraction of sp³-hybridized carbons (Fsp3) is 0.562. The number of hydrogen-bond donors (Lipinski definition) is 0. The summed E-state index contributed by atoms with van der Waals surface area (Å²) in [4.78, 5) is 12.0. The number of ether oxygens (including phenoxy) is 2. The molecule has 4 heteroatoms. The van der Waals surface area contributed by atoms with E-state index in [0.29, 0.717) is 19.6 Å². The largest absolute Gasteiger partial charge is 0.490 e. The topological polar surface area (TPSA) is 35.5 Å². The molecule has 2 rings (SSSR count). The minimum Gasteiger partial charge on any atom is -0.490 e. The molecule has 0 N–H and O–H groups in total. The Morgan fingerprint density at radius 1 is 1.20 bits per heavy atom. The lowest BCUT2D eigenvalue weighted by Gasteiger charge is -2.21. The third-order valence-electron chi connectivity index (χ3n) is 3.20. The van der Waals surface area contributed by atoms with Gasteiger partial charge in [-0.1, -0.05) is 6.07 Å². The van der Waals surface area contributed by atoms with Gasteiger partial charge in [-0.2, -0.15) is 0 Å². The van der Waals surface area contributed by atoms with E-state index in [2.05, 4.69) is 15.9 Å². The molecule has 1 aliphatic carbocycles. The minimum atomic E-state index is -0.160. The van der Waals surface area contributed by atoms with Gasteiger partial charge < -0.3 is 9.47 Å². The van der Waals surface area contributed by atoms with Crippen molar-refractivity contribution in [2.45, 2.75) is 45.6 Å². The molecular weight excluding hydrogens is 320 g/mol. The summed E-state index contributed by atoms with van der Waals surface area (Å²) in [6.07, 6.45) is 2.53. The third kappa shape index (κ3) is 3.83. The van der Waals surface area contributed by atoms with Crippen molar-refractivity contribution in [3.63, 3.8) is 0 Å². The Hall–Kier alpha value is -0.870. The highest BCUT2D eigenvalue weighted by atomic mass is 79.9. The molecule has 1 aromatic rings. The van der Waals surface area contributed by atoms with Gasteiger partial charge in [0.05, 0.1) is 16.7 Å². The lowest BCUT2D eigenvalue weighted by Crippen LogP contribution is -2.22. The Morgan fingerprint density at radius 2 is 1.95 bits per heavy atom. The van der Waals surface area contributed by atoms with E-state index < -0.39 is 0 Å². The Bertz CT molecular complexity index is 503. The van der Waals surface area contributed by atoms with E-state index in [1.54, 1.807) is 0 Å². The molecule has 1 aromatic carbocycles. The fourth-order valence-corrected chi connectivity index (χ4v) is 3.00. The first-order valence-electron chi connectivity index (χ1n) is 7.00. The molecule has 0 radical (unpaired) electrons. The zero-order chi connectivity index (χ0) is 14.8. The summed E-state index contributed by atoms with van der Waals surface area (Å²) in [5, 5.41) is 0. The maximum atomic E-state index is 12.0. The van der Waals surface area contributed by atoms with Crippen LogP contribution in [0.5, 0.6) is 5.75 Å². The quantitative estimate of drug-likeness (QED) is 0.772. The summed E-state index contributed by atoms with van der Waals surface area (Å²) in [5.41, 5.74) is 1.75. The zero-order valence-corrected chi connectivity index (χ0v) is 13.9. The van der Waals surface area contributed by atoms with Crippen LogP contribution in [0.25, 0.3) is 0 Å². The maximum Gasteiger partial charge on any atom is 0.164 e. The summed E-state index contributed by atoms with van der Waals surface area (Å²) < 4.78 is 12.1. The first-order valence-corrected chi connectivity index (χ1v) is 7.79. The van der Waals surface area contributed by atoms with Crippen LogP contribution in [-0.2, 0) is 11.2 Å². The van der Waals surface area contributed by atoms with Gasteiger partial charge in [0.1, 0.15) is 12.4 Å². The van der Waals surface area contributed by atoms with Gasteiger partial charge in [0.15, 0.2) is 5.78 Å². The molecular formula is C16H21BrO3. The standard InChI is InChI=1S/C16H21BrO3/c1-16(2,3)20-10-9-19-13-8-7-11-5-4-6-12(18)14(11)15(13)17/h7-8H,4-6,9-10H2,1-3H3. The van der Waals surface area contributed by atoms with Crippen LogP contribution in [0.4, 0.5) is 0 Å². The van der Waals surface area contributed by atoms with Gasteiger partial charge in [0.2, 0.25) is 0 Å². The molecule has 0 unspecified atom stereocenters. The Morgan fingerprint density at radius 3 is 2.65 bits per heavy atom. The van der Waals surface area contributed by atoms with E-state index in [0.717, 1.165) is 34.2 Å². The second-order valence-corrected chi connectivity index (χ2v) is 6.79. The second-order valence-electron chi connectivity index (χ2n) is 6.00. The molecule has 0 aliphatic heterocycles. The molecule has 20 heavy (non-hydrogen) atoms. The molecule has 110 valence electrons. The van der Waals surface area contributed by atoms with E-state index in [1.807, 2.05) is 32.9 Å². The average molecular weight is 341 g/mol. The molecule has 0 spiro atoms. The molecule has 0 aromatic heterocycles. The van der Waals surface area contributed by atoms with E-state index in [-0.39, 0.29) is 11.4 Å². The number of fused-ring (bicyclic) bond motifs is 1. The van der Waals surface area contributed by atoms with Crippen molar-refractivity contribution in [1.29, 1.82) is 0 Å². The van der Waals surface area contributed by atoms with Crippen LogP contribution in [0.15, 0.2) is 16.6 Å². The first kappa shape index (κ1) is 15.5. The lowest BCUT2D eigenvalue weighted by atomic mass is 9.90. The van der Waals surface area contributed by atoms with Crippen molar-refractivity contribution in [3.8, 4) is 5.75 Å². The number of Topliss-reactive ketones (excluding diaryl/α,β-unsaturated/α-hetero) is 1. The summed E-state index contributed by atoms with van der Waals surface area (Å²) in [5.74, 6) is 0.922. The van der Waals surface area contributed by atoms with Crippen molar-refractivity contribution in [2.75, 3.05) is 13.2 Å². The molecule has 0 saturated heterocycles. The highest BCUT2D eigenvalue weighted by molar-refractivity contribution is 9.10. The molecule has 0 fully saturated rings. The molecule has 0 atom stereocenters. The number of carbonyl (C=O) groups excluding carboxylic acids is 1. The smallest absolute Gasteiger partial charge is 0.164 e. The van der Waals surface area contributed by atoms with Gasteiger partial charge in [-0.3, -0.25) is 4.79 Å². The van der Waals surface area contributed by atoms with Crippen molar-refractivity contribution in [2.24, 2.45) is 0 Å². The Balaban J connectivity index is 2.03. The molecule has 1 aliphatic rings. The highest BCUT2D eigenvalue weighted by Gasteiger charge is 2.22. The Kier molecular flexibility index (Phi) is 4.86. The van der Waals surface area contributed by atoms with Crippen molar-refractivity contribution < 1.29 is 14.3 Å². The number of carbonyl (C=O) groups is 1. The second kappa shape index (κ2) is 6.27.